The molecule has 0 aromatic heterocycles. The number of benzene rings is 1. The van der Waals surface area contributed by atoms with Gasteiger partial charge in [-0.1, -0.05) is 36.8 Å². The van der Waals surface area contributed by atoms with Gasteiger partial charge in [0.25, 0.3) is 0 Å². The molecule has 2 heteroatoms. The van der Waals surface area contributed by atoms with E-state index in [0.717, 1.165) is 0 Å². The normalized spacial score (nSPS) is 18.9. The van der Waals surface area contributed by atoms with Crippen molar-refractivity contribution in [1.29, 1.82) is 0 Å². The summed E-state index contributed by atoms with van der Waals surface area (Å²) in [6.45, 7) is 6.01. The number of fused-ring (bicyclic) bond motifs is 2. The minimum absolute atomic E-state index is 0. The van der Waals surface area contributed by atoms with Crippen LogP contribution in [0.15, 0.2) is 29.8 Å². The molecule has 0 unspecified atom stereocenters. The van der Waals surface area contributed by atoms with E-state index >= 15 is 0 Å². The average Bonchev–Trinajstić information content (AvgIpc) is 2.39. The summed E-state index contributed by atoms with van der Waals surface area (Å²) < 4.78 is 0. The maximum Gasteiger partial charge on any atom is 0.0199 e. The van der Waals surface area contributed by atoms with Crippen molar-refractivity contribution in [2.24, 2.45) is 0 Å². The van der Waals surface area contributed by atoms with Gasteiger partial charge in [0.1, 0.15) is 0 Å². The van der Waals surface area contributed by atoms with Gasteiger partial charge in [-0.25, -0.2) is 0 Å². The Morgan fingerprint density at radius 3 is 2.78 bits per heavy atom. The highest BCUT2D eigenvalue weighted by atomic mass is 35.5. The lowest BCUT2D eigenvalue weighted by molar-refractivity contribution is 0.290. The van der Waals surface area contributed by atoms with E-state index in [2.05, 4.69) is 36.1 Å². The predicted molar refractivity (Wildman–Crippen MR) is 80.3 cm³/mol. The van der Waals surface area contributed by atoms with Gasteiger partial charge in [0.05, 0.1) is 0 Å². The second-order valence-corrected chi connectivity index (χ2v) is 5.27. The largest absolute Gasteiger partial charge is 0.299 e. The first kappa shape index (κ1) is 13.6. The highest BCUT2D eigenvalue weighted by molar-refractivity contribution is 5.85. The molecule has 1 heterocycles. The van der Waals surface area contributed by atoms with Crippen molar-refractivity contribution in [2.45, 2.75) is 32.6 Å². The van der Waals surface area contributed by atoms with E-state index in [0.29, 0.717) is 0 Å². The van der Waals surface area contributed by atoms with Gasteiger partial charge in [-0.15, -0.1) is 12.4 Å². The van der Waals surface area contributed by atoms with Gasteiger partial charge in [-0.2, -0.15) is 0 Å². The zero-order valence-corrected chi connectivity index (χ0v) is 11.9. The van der Waals surface area contributed by atoms with Gasteiger partial charge in [0.15, 0.2) is 0 Å². The average molecular weight is 264 g/mol. The first-order valence-corrected chi connectivity index (χ1v) is 6.90. The summed E-state index contributed by atoms with van der Waals surface area (Å²) in [5.41, 5.74) is 6.49. The molecule has 0 radical (unpaired) electrons. The first-order valence-electron chi connectivity index (χ1n) is 6.90. The Balaban J connectivity index is 0.00000120. The van der Waals surface area contributed by atoms with Crippen molar-refractivity contribution >= 4 is 18.0 Å². The summed E-state index contributed by atoms with van der Waals surface area (Å²) in [5.74, 6) is 0. The topological polar surface area (TPSA) is 3.24 Å². The van der Waals surface area contributed by atoms with Gasteiger partial charge in [0, 0.05) is 13.1 Å². The van der Waals surface area contributed by atoms with Crippen LogP contribution in [0.3, 0.4) is 0 Å². The first-order chi connectivity index (χ1) is 8.38. The zero-order valence-electron chi connectivity index (χ0n) is 11.1. The monoisotopic (exact) mass is 263 g/mol. The van der Waals surface area contributed by atoms with Gasteiger partial charge < -0.3 is 0 Å². The number of nitrogens with zero attached hydrogens (tertiary/aromatic N) is 1. The molecular weight excluding hydrogens is 242 g/mol. The smallest absolute Gasteiger partial charge is 0.0199 e. The molecule has 18 heavy (non-hydrogen) atoms. The number of aryl methyl sites for hydroxylation is 1. The molecule has 1 aliphatic heterocycles. The van der Waals surface area contributed by atoms with Crippen LogP contribution in [0.1, 0.15) is 37.3 Å². The van der Waals surface area contributed by atoms with Crippen LogP contribution in [-0.4, -0.2) is 24.5 Å². The fourth-order valence-corrected chi connectivity index (χ4v) is 3.27. The van der Waals surface area contributed by atoms with E-state index in [1.165, 1.54) is 45.3 Å². The van der Waals surface area contributed by atoms with Crippen LogP contribution >= 0.6 is 12.4 Å². The van der Waals surface area contributed by atoms with Crippen LogP contribution in [0.25, 0.3) is 5.57 Å². The van der Waals surface area contributed by atoms with Crippen molar-refractivity contribution in [1.82, 2.24) is 4.90 Å². The molecule has 0 fully saturated rings. The molecule has 2 aliphatic rings. The Hall–Kier alpha value is -0.790. The Morgan fingerprint density at radius 2 is 1.94 bits per heavy atom. The second-order valence-electron chi connectivity index (χ2n) is 5.27. The number of rotatable bonds is 2. The van der Waals surface area contributed by atoms with Gasteiger partial charge in [0.2, 0.25) is 0 Å². The summed E-state index contributed by atoms with van der Waals surface area (Å²) in [6, 6.07) is 8.99. The molecule has 0 amide bonds. The highest BCUT2D eigenvalue weighted by Gasteiger charge is 2.23. The van der Waals surface area contributed by atoms with E-state index in [9.17, 15) is 0 Å². The summed E-state index contributed by atoms with van der Waals surface area (Å²) in [7, 11) is 0. The summed E-state index contributed by atoms with van der Waals surface area (Å²) in [6.07, 6.45) is 5.06. The second kappa shape index (κ2) is 5.90. The Morgan fingerprint density at radius 1 is 1.11 bits per heavy atom. The van der Waals surface area contributed by atoms with Crippen LogP contribution in [0, 0.1) is 0 Å². The van der Waals surface area contributed by atoms with E-state index in [4.69, 9.17) is 0 Å². The molecule has 1 aliphatic carbocycles. The lowest BCUT2D eigenvalue weighted by atomic mass is 9.82. The molecule has 3 rings (SSSR count). The van der Waals surface area contributed by atoms with Gasteiger partial charge in [-0.05, 0) is 48.9 Å². The maximum atomic E-state index is 2.62. The van der Waals surface area contributed by atoms with E-state index in [-0.39, 0.29) is 12.4 Å². The molecule has 0 saturated carbocycles. The van der Waals surface area contributed by atoms with Gasteiger partial charge >= 0.3 is 0 Å². The molecule has 1 aromatic carbocycles. The van der Waals surface area contributed by atoms with E-state index < -0.39 is 0 Å². The van der Waals surface area contributed by atoms with Crippen molar-refractivity contribution in [3.05, 3.63) is 41.0 Å². The molecule has 0 atom stereocenters. The highest BCUT2D eigenvalue weighted by Crippen LogP contribution is 2.36. The third-order valence-corrected chi connectivity index (χ3v) is 4.10. The van der Waals surface area contributed by atoms with Crippen LogP contribution < -0.4 is 0 Å². The van der Waals surface area contributed by atoms with Crippen molar-refractivity contribution in [3.63, 3.8) is 0 Å². The summed E-state index contributed by atoms with van der Waals surface area (Å²) in [5, 5.41) is 0. The van der Waals surface area contributed by atoms with Gasteiger partial charge in [-0.3, -0.25) is 4.90 Å². The molecule has 0 saturated heterocycles. The molecule has 0 spiro atoms. The van der Waals surface area contributed by atoms with Crippen LogP contribution in [0.4, 0.5) is 0 Å². The Kier molecular flexibility index (Phi) is 4.47. The van der Waals surface area contributed by atoms with Crippen molar-refractivity contribution in [2.75, 3.05) is 19.6 Å². The number of hydrogen-bond acceptors (Lipinski definition) is 1. The van der Waals surface area contributed by atoms with Crippen molar-refractivity contribution in [3.8, 4) is 0 Å². The van der Waals surface area contributed by atoms with E-state index in [1.807, 2.05) is 0 Å². The summed E-state index contributed by atoms with van der Waals surface area (Å²) >= 11 is 0. The number of hydrogen-bond donors (Lipinski definition) is 0. The summed E-state index contributed by atoms with van der Waals surface area (Å²) in [4.78, 5) is 2.62. The van der Waals surface area contributed by atoms with Crippen molar-refractivity contribution < 1.29 is 0 Å². The minimum Gasteiger partial charge on any atom is -0.299 e. The fourth-order valence-electron chi connectivity index (χ4n) is 3.27. The Labute approximate surface area is 116 Å². The predicted octanol–water partition coefficient (Wildman–Crippen LogP) is 3.92. The van der Waals surface area contributed by atoms with Crippen LogP contribution in [0.2, 0.25) is 0 Å². The molecule has 1 aromatic rings. The zero-order chi connectivity index (χ0) is 11.7. The standard InChI is InChI=1S/C16H21N.ClH/c1-2-10-17-11-9-16-14(12-17)8-7-13-5-3-4-6-15(13)16;/h3-6H,2,7-12H2,1H3;1H. The van der Waals surface area contributed by atoms with Crippen LogP contribution in [-0.2, 0) is 6.42 Å². The third-order valence-electron chi connectivity index (χ3n) is 4.10. The molecule has 98 valence electrons. The Bertz CT molecular complexity index is 450. The fraction of sp³-hybridized carbons (Fsp3) is 0.500. The van der Waals surface area contributed by atoms with E-state index in [1.54, 1.807) is 22.3 Å². The third kappa shape index (κ3) is 2.48. The molecular formula is C16H22ClN. The SMILES string of the molecule is CCCN1CCC2=C(CCc3ccccc32)C1.Cl. The van der Waals surface area contributed by atoms with Crippen LogP contribution in [0.5, 0.6) is 0 Å². The number of halogens is 1. The lowest BCUT2D eigenvalue weighted by Crippen LogP contribution is -2.33. The molecule has 0 bridgehead atoms. The lowest BCUT2D eigenvalue weighted by Gasteiger charge is -2.34. The molecule has 1 nitrogen and oxygen atoms in total. The quantitative estimate of drug-likeness (QED) is 0.782. The maximum absolute atomic E-state index is 2.62. The minimum atomic E-state index is 0. The molecule has 0 N–H and O–H groups in total.